The fraction of sp³-hybridized carbons (Fsp3) is 0.827. The molecule has 0 heterocycles. The van der Waals surface area contributed by atoms with Crippen molar-refractivity contribution in [3.8, 4) is 0 Å². The van der Waals surface area contributed by atoms with Crippen LogP contribution in [0.3, 0.4) is 0 Å². The monoisotopic (exact) mass is 1130 g/mol. The molecule has 0 aliphatic rings. The van der Waals surface area contributed by atoms with Crippen molar-refractivity contribution in [3.05, 3.63) is 60.8 Å². The average Bonchev–Trinajstić information content (AvgIpc) is 3.47. The highest BCUT2D eigenvalue weighted by Gasteiger charge is 2.19. The zero-order valence-electron chi connectivity index (χ0n) is 54.3. The van der Waals surface area contributed by atoms with Crippen LogP contribution in [0.25, 0.3) is 0 Å². The lowest BCUT2D eigenvalue weighted by Gasteiger charge is -2.18. The first-order valence-corrected chi connectivity index (χ1v) is 35.8. The Labute approximate surface area is 504 Å². The summed E-state index contributed by atoms with van der Waals surface area (Å²) in [7, 11) is 0. The van der Waals surface area contributed by atoms with Crippen LogP contribution in [0.2, 0.25) is 0 Å². The third-order valence-corrected chi connectivity index (χ3v) is 16.0. The van der Waals surface area contributed by atoms with Crippen molar-refractivity contribution < 1.29 is 28.6 Å². The Bertz CT molecular complexity index is 1440. The van der Waals surface area contributed by atoms with E-state index < -0.39 is 6.10 Å². The van der Waals surface area contributed by atoms with Gasteiger partial charge < -0.3 is 14.2 Å². The first-order valence-electron chi connectivity index (χ1n) is 35.8. The minimum Gasteiger partial charge on any atom is -0.462 e. The number of carbonyl (C=O) groups is 3. The van der Waals surface area contributed by atoms with E-state index in [1.807, 2.05) is 0 Å². The predicted molar refractivity (Wildman–Crippen MR) is 353 cm³/mol. The highest BCUT2D eigenvalue weighted by Crippen LogP contribution is 2.19. The van der Waals surface area contributed by atoms with Crippen molar-refractivity contribution in [1.82, 2.24) is 0 Å². The molecule has 0 aromatic carbocycles. The molecule has 0 aromatic heterocycles. The van der Waals surface area contributed by atoms with Crippen LogP contribution in [0.4, 0.5) is 0 Å². The second-order valence-corrected chi connectivity index (χ2v) is 24.1. The maximum atomic E-state index is 13.0. The molecule has 0 aliphatic carbocycles. The molecule has 1 atom stereocenters. The Morgan fingerprint density at radius 1 is 0.259 bits per heavy atom. The molecule has 472 valence electrons. The highest BCUT2D eigenvalue weighted by molar-refractivity contribution is 5.71. The maximum absolute atomic E-state index is 13.0. The highest BCUT2D eigenvalue weighted by atomic mass is 16.6. The van der Waals surface area contributed by atoms with Gasteiger partial charge in [-0.15, -0.1) is 0 Å². The van der Waals surface area contributed by atoms with Crippen LogP contribution in [0, 0.1) is 0 Å². The number of unbranched alkanes of at least 4 members (excludes halogenated alkanes) is 45. The normalized spacial score (nSPS) is 12.4. The van der Waals surface area contributed by atoms with Crippen LogP contribution < -0.4 is 0 Å². The Morgan fingerprint density at radius 2 is 0.481 bits per heavy atom. The Morgan fingerprint density at radius 3 is 0.753 bits per heavy atom. The van der Waals surface area contributed by atoms with Gasteiger partial charge in [0.2, 0.25) is 0 Å². The van der Waals surface area contributed by atoms with Gasteiger partial charge in [-0.2, -0.15) is 0 Å². The molecule has 6 nitrogen and oxygen atoms in total. The van der Waals surface area contributed by atoms with Crippen LogP contribution in [-0.2, 0) is 28.6 Å². The van der Waals surface area contributed by atoms with Gasteiger partial charge in [-0.3, -0.25) is 14.4 Å². The third kappa shape index (κ3) is 67.8. The number of esters is 3. The summed E-state index contributed by atoms with van der Waals surface area (Å²) in [5.74, 6) is -0.847. The standard InChI is InChI=1S/C75H136O6/c1-4-7-10-13-16-19-22-25-28-31-33-35-36-37-38-40-41-44-47-50-53-56-59-62-65-68-74(77)80-71-72(70-79-73(76)67-64-61-58-55-52-49-46-43-30-27-24-21-18-15-12-9-6-3)81-75(78)69-66-63-60-57-54-51-48-45-42-39-34-32-29-26-23-20-17-14-11-8-5-2/h7,10,16,19,25,28,33,35,37-38,72H,4-6,8-9,11-15,17-18,20-24,26-27,29-32,34,36,39-71H2,1-3H3/b10-7-,19-16-,28-25-,35-33-,38-37-. The fourth-order valence-electron chi connectivity index (χ4n) is 10.7. The molecular formula is C75H136O6. The minimum absolute atomic E-state index is 0.0699. The van der Waals surface area contributed by atoms with Crippen LogP contribution in [-0.4, -0.2) is 37.2 Å². The summed E-state index contributed by atoms with van der Waals surface area (Å²) in [4.78, 5) is 38.5. The molecule has 0 rings (SSSR count). The second kappa shape index (κ2) is 69.6. The van der Waals surface area contributed by atoms with E-state index >= 15 is 0 Å². The van der Waals surface area contributed by atoms with Crippen molar-refractivity contribution in [3.63, 3.8) is 0 Å². The van der Waals surface area contributed by atoms with E-state index in [9.17, 15) is 14.4 Å². The number of hydrogen-bond acceptors (Lipinski definition) is 6. The quantitative estimate of drug-likeness (QED) is 0.0261. The lowest BCUT2D eigenvalue weighted by molar-refractivity contribution is -0.167. The maximum Gasteiger partial charge on any atom is 0.306 e. The lowest BCUT2D eigenvalue weighted by Crippen LogP contribution is -2.30. The van der Waals surface area contributed by atoms with Crippen molar-refractivity contribution in [2.24, 2.45) is 0 Å². The van der Waals surface area contributed by atoms with Crippen LogP contribution in [0.1, 0.15) is 380 Å². The van der Waals surface area contributed by atoms with Crippen molar-refractivity contribution in [2.75, 3.05) is 13.2 Å². The molecule has 0 fully saturated rings. The molecule has 0 amide bonds. The van der Waals surface area contributed by atoms with E-state index in [0.29, 0.717) is 19.3 Å². The first kappa shape index (κ1) is 78.1. The topological polar surface area (TPSA) is 78.9 Å². The van der Waals surface area contributed by atoms with Crippen molar-refractivity contribution >= 4 is 17.9 Å². The molecule has 1 unspecified atom stereocenters. The van der Waals surface area contributed by atoms with Gasteiger partial charge in [0, 0.05) is 19.3 Å². The zero-order chi connectivity index (χ0) is 58.5. The van der Waals surface area contributed by atoms with Gasteiger partial charge in [0.05, 0.1) is 0 Å². The number of allylic oxidation sites excluding steroid dienone is 10. The SMILES string of the molecule is CC/C=C\C/C=C\C/C=C\C/C=C\C/C=C\CCCCCCCCCCCC(=O)OCC(COC(=O)CCCCCCCCCCCCCCCCCCC)OC(=O)CCCCCCCCCCCCCCCCCCCCCCC. The van der Waals surface area contributed by atoms with E-state index in [-0.39, 0.29) is 31.1 Å². The molecule has 0 saturated heterocycles. The van der Waals surface area contributed by atoms with Gasteiger partial charge in [0.15, 0.2) is 6.10 Å². The molecule has 0 bridgehead atoms. The smallest absolute Gasteiger partial charge is 0.306 e. The van der Waals surface area contributed by atoms with Crippen LogP contribution in [0.15, 0.2) is 60.8 Å². The van der Waals surface area contributed by atoms with Gasteiger partial charge in [-0.25, -0.2) is 0 Å². The molecule has 81 heavy (non-hydrogen) atoms. The molecule has 0 N–H and O–H groups in total. The van der Waals surface area contributed by atoms with E-state index in [4.69, 9.17) is 14.2 Å². The Hall–Kier alpha value is -2.89. The van der Waals surface area contributed by atoms with E-state index in [2.05, 4.69) is 81.5 Å². The van der Waals surface area contributed by atoms with Gasteiger partial charge in [-0.1, -0.05) is 358 Å². The summed E-state index contributed by atoms with van der Waals surface area (Å²) in [6.07, 6.45) is 89.6. The van der Waals surface area contributed by atoms with E-state index in [1.165, 1.54) is 244 Å². The Balaban J connectivity index is 4.32. The van der Waals surface area contributed by atoms with Gasteiger partial charge in [0.25, 0.3) is 0 Å². The molecule has 6 heteroatoms. The first-order chi connectivity index (χ1) is 40.0. The van der Waals surface area contributed by atoms with Gasteiger partial charge in [-0.05, 0) is 64.2 Å². The molecule has 0 aliphatic heterocycles. The van der Waals surface area contributed by atoms with Gasteiger partial charge >= 0.3 is 17.9 Å². The third-order valence-electron chi connectivity index (χ3n) is 16.0. The lowest BCUT2D eigenvalue weighted by atomic mass is 10.0. The average molecular weight is 1130 g/mol. The fourth-order valence-corrected chi connectivity index (χ4v) is 10.7. The molecule has 0 radical (unpaired) electrons. The number of ether oxygens (including phenoxy) is 3. The van der Waals surface area contributed by atoms with E-state index in [0.717, 1.165) is 96.3 Å². The minimum atomic E-state index is -0.775. The van der Waals surface area contributed by atoms with Crippen LogP contribution in [0.5, 0.6) is 0 Å². The summed E-state index contributed by atoms with van der Waals surface area (Å²) in [5, 5.41) is 0. The van der Waals surface area contributed by atoms with Crippen LogP contribution >= 0.6 is 0 Å². The summed E-state index contributed by atoms with van der Waals surface area (Å²) in [6, 6.07) is 0. The largest absolute Gasteiger partial charge is 0.462 e. The second-order valence-electron chi connectivity index (χ2n) is 24.1. The zero-order valence-corrected chi connectivity index (χ0v) is 54.3. The predicted octanol–water partition coefficient (Wildman–Crippen LogP) is 24.7. The van der Waals surface area contributed by atoms with Crippen molar-refractivity contribution in [2.45, 2.75) is 386 Å². The molecule has 0 spiro atoms. The number of hydrogen-bond donors (Lipinski definition) is 0. The summed E-state index contributed by atoms with van der Waals surface area (Å²) in [5.41, 5.74) is 0. The number of carbonyl (C=O) groups excluding carboxylic acids is 3. The molecule has 0 saturated carbocycles. The Kier molecular flexibility index (Phi) is 67.1. The molecule has 0 aromatic rings. The molecular weight excluding hydrogens is 997 g/mol. The van der Waals surface area contributed by atoms with Gasteiger partial charge in [0.1, 0.15) is 13.2 Å². The summed E-state index contributed by atoms with van der Waals surface area (Å²) >= 11 is 0. The number of rotatable bonds is 66. The van der Waals surface area contributed by atoms with E-state index in [1.54, 1.807) is 0 Å². The summed E-state index contributed by atoms with van der Waals surface area (Å²) in [6.45, 7) is 6.60. The van der Waals surface area contributed by atoms with Crippen molar-refractivity contribution in [1.29, 1.82) is 0 Å². The summed E-state index contributed by atoms with van der Waals surface area (Å²) < 4.78 is 17.0.